The number of ether oxygens (including phenoxy) is 1. The summed E-state index contributed by atoms with van der Waals surface area (Å²) in [4.78, 5) is 36.9. The summed E-state index contributed by atoms with van der Waals surface area (Å²) in [7, 11) is 0. The van der Waals surface area contributed by atoms with Crippen LogP contribution >= 0.6 is 0 Å². The molecule has 0 saturated carbocycles. The van der Waals surface area contributed by atoms with E-state index in [9.17, 15) is 32.9 Å². The van der Waals surface area contributed by atoms with Gasteiger partial charge in [0.15, 0.2) is 6.61 Å². The van der Waals surface area contributed by atoms with Gasteiger partial charge >= 0.3 is 6.18 Å². The van der Waals surface area contributed by atoms with E-state index in [0.717, 1.165) is 11.0 Å². The first kappa shape index (κ1) is 21.1. The van der Waals surface area contributed by atoms with E-state index in [0.29, 0.717) is 10.6 Å². The number of nitrogens with zero attached hydrogens (tertiary/aromatic N) is 3. The van der Waals surface area contributed by atoms with Crippen molar-refractivity contribution < 1.29 is 32.4 Å². The number of carbonyl (C=O) groups is 2. The summed E-state index contributed by atoms with van der Waals surface area (Å²) in [5.41, 5.74) is -0.182. The molecule has 2 aromatic rings. The molecule has 0 saturated heterocycles. The van der Waals surface area contributed by atoms with E-state index in [-0.39, 0.29) is 17.9 Å². The standard InChI is InChI=1S/C19H16F3N3O5/c20-19(21,22)12-23(9-13-5-1-2-6-14(13)25(28)29)17(26)10-24-15-7-3-4-8-16(15)30-11-18(24)27/h1-8H,9-12H2. The smallest absolute Gasteiger partial charge is 0.406 e. The van der Waals surface area contributed by atoms with Gasteiger partial charge in [0.2, 0.25) is 5.91 Å². The Morgan fingerprint density at radius 3 is 2.53 bits per heavy atom. The number of para-hydroxylation sites is 3. The molecular formula is C19H16F3N3O5. The molecule has 2 aromatic carbocycles. The summed E-state index contributed by atoms with van der Waals surface area (Å²) < 4.78 is 44.5. The molecule has 3 rings (SSSR count). The number of hydrogen-bond acceptors (Lipinski definition) is 5. The van der Waals surface area contributed by atoms with Crippen LogP contribution in [-0.2, 0) is 16.1 Å². The highest BCUT2D eigenvalue weighted by molar-refractivity contribution is 6.02. The van der Waals surface area contributed by atoms with E-state index in [1.165, 1.54) is 24.3 Å². The maximum Gasteiger partial charge on any atom is 0.406 e. The molecule has 0 radical (unpaired) electrons. The van der Waals surface area contributed by atoms with Crippen LogP contribution in [0.5, 0.6) is 5.75 Å². The van der Waals surface area contributed by atoms with Crippen LogP contribution in [0.3, 0.4) is 0 Å². The first-order valence-electron chi connectivity index (χ1n) is 8.75. The highest BCUT2D eigenvalue weighted by atomic mass is 19.4. The fourth-order valence-electron chi connectivity index (χ4n) is 3.04. The summed E-state index contributed by atoms with van der Waals surface area (Å²) >= 11 is 0. The number of nitro groups is 1. The van der Waals surface area contributed by atoms with Gasteiger partial charge in [0.25, 0.3) is 11.6 Å². The number of halogens is 3. The van der Waals surface area contributed by atoms with Crippen LogP contribution in [0, 0.1) is 10.1 Å². The van der Waals surface area contributed by atoms with Crippen molar-refractivity contribution in [2.24, 2.45) is 0 Å². The molecule has 0 bridgehead atoms. The van der Waals surface area contributed by atoms with Crippen molar-refractivity contribution >= 4 is 23.2 Å². The second kappa shape index (κ2) is 8.39. The molecule has 0 atom stereocenters. The van der Waals surface area contributed by atoms with Gasteiger partial charge in [0, 0.05) is 11.6 Å². The Morgan fingerprint density at radius 1 is 1.17 bits per heavy atom. The summed E-state index contributed by atoms with van der Waals surface area (Å²) in [6, 6.07) is 11.6. The van der Waals surface area contributed by atoms with E-state index >= 15 is 0 Å². The number of hydrogen-bond donors (Lipinski definition) is 0. The number of benzene rings is 2. The van der Waals surface area contributed by atoms with E-state index in [4.69, 9.17) is 4.74 Å². The second-order valence-electron chi connectivity index (χ2n) is 6.49. The van der Waals surface area contributed by atoms with Gasteiger partial charge in [-0.25, -0.2) is 0 Å². The minimum atomic E-state index is -4.73. The van der Waals surface area contributed by atoms with Crippen LogP contribution in [0.15, 0.2) is 48.5 Å². The number of alkyl halides is 3. The number of nitro benzene ring substituents is 1. The molecule has 8 nitrogen and oxygen atoms in total. The fraction of sp³-hybridized carbons (Fsp3) is 0.263. The van der Waals surface area contributed by atoms with E-state index in [2.05, 4.69) is 0 Å². The largest absolute Gasteiger partial charge is 0.482 e. The number of rotatable bonds is 6. The van der Waals surface area contributed by atoms with Crippen LogP contribution in [0.2, 0.25) is 0 Å². The molecule has 0 aliphatic carbocycles. The SMILES string of the molecule is O=C(CN1C(=O)COc2ccccc21)N(Cc1ccccc1[N+](=O)[O-])CC(F)(F)F. The molecule has 0 aromatic heterocycles. The minimum Gasteiger partial charge on any atom is -0.482 e. The highest BCUT2D eigenvalue weighted by Gasteiger charge is 2.36. The zero-order valence-corrected chi connectivity index (χ0v) is 15.5. The zero-order chi connectivity index (χ0) is 21.9. The summed E-state index contributed by atoms with van der Waals surface area (Å²) in [6.45, 7) is -3.25. The van der Waals surface area contributed by atoms with Gasteiger partial charge in [-0.2, -0.15) is 13.2 Å². The van der Waals surface area contributed by atoms with Gasteiger partial charge in [0.1, 0.15) is 18.8 Å². The van der Waals surface area contributed by atoms with Crippen LogP contribution in [0.1, 0.15) is 5.56 Å². The van der Waals surface area contributed by atoms with Gasteiger partial charge in [0.05, 0.1) is 17.2 Å². The lowest BCUT2D eigenvalue weighted by atomic mass is 10.1. The summed E-state index contributed by atoms with van der Waals surface area (Å²) in [6.07, 6.45) is -4.73. The van der Waals surface area contributed by atoms with Crippen molar-refractivity contribution in [3.05, 3.63) is 64.2 Å². The Kier molecular flexibility index (Phi) is 5.90. The molecule has 0 spiro atoms. The normalized spacial score (nSPS) is 13.4. The third-order valence-corrected chi connectivity index (χ3v) is 4.37. The third-order valence-electron chi connectivity index (χ3n) is 4.37. The average molecular weight is 423 g/mol. The Morgan fingerprint density at radius 2 is 1.83 bits per heavy atom. The Hall–Kier alpha value is -3.63. The molecule has 2 amide bonds. The maximum atomic E-state index is 13.1. The van der Waals surface area contributed by atoms with Gasteiger partial charge in [-0.15, -0.1) is 0 Å². The lowest BCUT2D eigenvalue weighted by Gasteiger charge is -2.31. The molecule has 0 N–H and O–H groups in total. The first-order chi connectivity index (χ1) is 14.2. The summed E-state index contributed by atoms with van der Waals surface area (Å²) in [5.74, 6) is -1.26. The minimum absolute atomic E-state index is 0.0474. The number of anilines is 1. The van der Waals surface area contributed by atoms with E-state index < -0.39 is 48.2 Å². The van der Waals surface area contributed by atoms with Crippen molar-refractivity contribution in [1.82, 2.24) is 4.90 Å². The van der Waals surface area contributed by atoms with Gasteiger partial charge < -0.3 is 9.64 Å². The van der Waals surface area contributed by atoms with Crippen molar-refractivity contribution in [3.8, 4) is 5.75 Å². The molecule has 1 heterocycles. The average Bonchev–Trinajstić information content (AvgIpc) is 2.69. The molecule has 0 fully saturated rings. The summed E-state index contributed by atoms with van der Waals surface area (Å²) in [5, 5.41) is 11.2. The molecule has 1 aliphatic heterocycles. The van der Waals surface area contributed by atoms with Crippen LogP contribution < -0.4 is 9.64 Å². The molecule has 11 heteroatoms. The van der Waals surface area contributed by atoms with E-state index in [1.54, 1.807) is 18.2 Å². The third kappa shape index (κ3) is 4.85. The Balaban J connectivity index is 1.87. The quantitative estimate of drug-likeness (QED) is 0.526. The maximum absolute atomic E-state index is 13.1. The molecule has 1 aliphatic rings. The molecule has 0 unspecified atom stereocenters. The van der Waals surface area contributed by atoms with Crippen LogP contribution in [-0.4, -0.2) is 47.5 Å². The second-order valence-corrected chi connectivity index (χ2v) is 6.49. The fourth-order valence-corrected chi connectivity index (χ4v) is 3.04. The van der Waals surface area contributed by atoms with Crippen molar-refractivity contribution in [1.29, 1.82) is 0 Å². The molecule has 30 heavy (non-hydrogen) atoms. The topological polar surface area (TPSA) is 93.0 Å². The van der Waals surface area contributed by atoms with Crippen molar-refractivity contribution in [2.75, 3.05) is 24.6 Å². The van der Waals surface area contributed by atoms with Gasteiger partial charge in [-0.1, -0.05) is 30.3 Å². The monoisotopic (exact) mass is 423 g/mol. The van der Waals surface area contributed by atoms with Crippen LogP contribution in [0.4, 0.5) is 24.5 Å². The number of fused-ring (bicyclic) bond motifs is 1. The van der Waals surface area contributed by atoms with Gasteiger partial charge in [-0.05, 0) is 12.1 Å². The van der Waals surface area contributed by atoms with Crippen LogP contribution in [0.25, 0.3) is 0 Å². The Bertz CT molecular complexity index is 980. The number of amides is 2. The first-order valence-corrected chi connectivity index (χ1v) is 8.75. The lowest BCUT2D eigenvalue weighted by molar-refractivity contribution is -0.385. The van der Waals surface area contributed by atoms with Crippen molar-refractivity contribution in [2.45, 2.75) is 12.7 Å². The highest BCUT2D eigenvalue weighted by Crippen LogP contribution is 2.31. The van der Waals surface area contributed by atoms with E-state index in [1.807, 2.05) is 0 Å². The lowest BCUT2D eigenvalue weighted by Crippen LogP contribution is -2.48. The molecule has 158 valence electrons. The molecular weight excluding hydrogens is 407 g/mol. The Labute approximate surface area is 168 Å². The van der Waals surface area contributed by atoms with Crippen molar-refractivity contribution in [3.63, 3.8) is 0 Å². The zero-order valence-electron chi connectivity index (χ0n) is 15.5. The predicted octanol–water partition coefficient (Wildman–Crippen LogP) is 2.91. The number of carbonyl (C=O) groups excluding carboxylic acids is 2. The van der Waals surface area contributed by atoms with Gasteiger partial charge in [-0.3, -0.25) is 24.6 Å². The predicted molar refractivity (Wildman–Crippen MR) is 98.9 cm³/mol.